The van der Waals surface area contributed by atoms with Crippen LogP contribution in [0.25, 0.3) is 0 Å². The molecule has 1 atom stereocenters. The minimum atomic E-state index is -0.146. The third kappa shape index (κ3) is 2.60. The molecule has 0 aliphatic carbocycles. The number of nitrogens with zero attached hydrogens (tertiary/aromatic N) is 2. The molecule has 2 aromatic carbocycles. The van der Waals surface area contributed by atoms with Gasteiger partial charge in [0, 0.05) is 12.0 Å². The average molecular weight is 313 g/mol. The molecule has 0 fully saturated rings. The van der Waals surface area contributed by atoms with Crippen LogP contribution in [-0.4, -0.2) is 26.0 Å². The van der Waals surface area contributed by atoms with E-state index in [0.717, 1.165) is 11.3 Å². The van der Waals surface area contributed by atoms with E-state index in [1.54, 1.807) is 29.3 Å². The molecule has 22 heavy (non-hydrogen) atoms. The average Bonchev–Trinajstić information content (AvgIpc) is 2.93. The molecule has 1 aliphatic rings. The predicted molar refractivity (Wildman–Crippen MR) is 88.7 cm³/mol. The van der Waals surface area contributed by atoms with Crippen molar-refractivity contribution < 1.29 is 10.2 Å². The SMILES string of the molecule is NC(=S)N1N=C(c2ccccc2O)C[C@H]1c1ccc(O)cc1. The van der Waals surface area contributed by atoms with E-state index >= 15 is 0 Å². The molecule has 1 heterocycles. The van der Waals surface area contributed by atoms with Crippen molar-refractivity contribution in [1.29, 1.82) is 0 Å². The van der Waals surface area contributed by atoms with Gasteiger partial charge in [0.25, 0.3) is 0 Å². The highest BCUT2D eigenvalue weighted by molar-refractivity contribution is 7.80. The molecule has 2 aromatic rings. The predicted octanol–water partition coefficient (Wildman–Crippen LogP) is 2.49. The third-order valence-corrected chi connectivity index (χ3v) is 3.82. The van der Waals surface area contributed by atoms with Crippen molar-refractivity contribution in [2.24, 2.45) is 10.8 Å². The highest BCUT2D eigenvalue weighted by Gasteiger charge is 2.31. The zero-order valence-electron chi connectivity index (χ0n) is 11.7. The molecule has 0 amide bonds. The van der Waals surface area contributed by atoms with Crippen LogP contribution in [0, 0.1) is 0 Å². The topological polar surface area (TPSA) is 82.1 Å². The van der Waals surface area contributed by atoms with Gasteiger partial charge in [-0.1, -0.05) is 24.3 Å². The molecule has 5 nitrogen and oxygen atoms in total. The van der Waals surface area contributed by atoms with Crippen LogP contribution in [-0.2, 0) is 0 Å². The normalized spacial score (nSPS) is 17.4. The van der Waals surface area contributed by atoms with Crippen molar-refractivity contribution in [2.45, 2.75) is 12.5 Å². The molecule has 0 saturated carbocycles. The summed E-state index contributed by atoms with van der Waals surface area (Å²) >= 11 is 5.08. The number of benzene rings is 2. The Bertz CT molecular complexity index is 743. The van der Waals surface area contributed by atoms with Crippen LogP contribution >= 0.6 is 12.2 Å². The Labute approximate surface area is 133 Å². The Morgan fingerprint density at radius 1 is 1.14 bits per heavy atom. The first-order valence-electron chi connectivity index (χ1n) is 6.79. The van der Waals surface area contributed by atoms with Crippen LogP contribution in [0.15, 0.2) is 53.6 Å². The second-order valence-electron chi connectivity index (χ2n) is 5.06. The first-order chi connectivity index (χ1) is 10.6. The lowest BCUT2D eigenvalue weighted by Gasteiger charge is -2.21. The molecule has 3 rings (SSSR count). The van der Waals surface area contributed by atoms with Crippen LogP contribution < -0.4 is 5.73 Å². The summed E-state index contributed by atoms with van der Waals surface area (Å²) in [4.78, 5) is 0. The Morgan fingerprint density at radius 2 is 1.82 bits per heavy atom. The molecular weight excluding hydrogens is 298 g/mol. The Morgan fingerprint density at radius 3 is 2.45 bits per heavy atom. The largest absolute Gasteiger partial charge is 0.508 e. The second-order valence-corrected chi connectivity index (χ2v) is 5.48. The zero-order chi connectivity index (χ0) is 15.7. The van der Waals surface area contributed by atoms with Crippen LogP contribution in [0.4, 0.5) is 0 Å². The van der Waals surface area contributed by atoms with Gasteiger partial charge in [0.15, 0.2) is 5.11 Å². The fourth-order valence-electron chi connectivity index (χ4n) is 2.55. The van der Waals surface area contributed by atoms with E-state index < -0.39 is 0 Å². The van der Waals surface area contributed by atoms with Crippen molar-refractivity contribution in [2.75, 3.05) is 0 Å². The Balaban J connectivity index is 1.96. The van der Waals surface area contributed by atoms with E-state index in [-0.39, 0.29) is 22.7 Å². The van der Waals surface area contributed by atoms with Gasteiger partial charge in [-0.25, -0.2) is 5.01 Å². The van der Waals surface area contributed by atoms with Crippen LogP contribution in [0.3, 0.4) is 0 Å². The summed E-state index contributed by atoms with van der Waals surface area (Å²) in [5.74, 6) is 0.376. The molecule has 0 bridgehead atoms. The van der Waals surface area contributed by atoms with Gasteiger partial charge in [-0.15, -0.1) is 0 Å². The van der Waals surface area contributed by atoms with Crippen molar-refractivity contribution in [1.82, 2.24) is 5.01 Å². The number of para-hydroxylation sites is 1. The van der Waals surface area contributed by atoms with Gasteiger partial charge in [0.2, 0.25) is 0 Å². The number of phenols is 2. The quantitative estimate of drug-likeness (QED) is 0.742. The fraction of sp³-hybridized carbons (Fsp3) is 0.125. The summed E-state index contributed by atoms with van der Waals surface area (Å²) in [6.07, 6.45) is 0.569. The molecule has 6 heteroatoms. The minimum Gasteiger partial charge on any atom is -0.508 e. The van der Waals surface area contributed by atoms with E-state index in [1.807, 2.05) is 24.3 Å². The third-order valence-electron chi connectivity index (χ3n) is 3.63. The standard InChI is InChI=1S/C16H15N3O2S/c17-16(22)19-14(10-5-7-11(20)8-6-10)9-13(18-19)12-3-1-2-4-15(12)21/h1-8,14,20-21H,9H2,(H2,17,22)/t14-/m0/s1. The van der Waals surface area contributed by atoms with Crippen molar-refractivity contribution >= 4 is 23.0 Å². The Kier molecular flexibility index (Phi) is 3.68. The van der Waals surface area contributed by atoms with Crippen molar-refractivity contribution in [3.8, 4) is 11.5 Å². The van der Waals surface area contributed by atoms with Gasteiger partial charge in [-0.2, -0.15) is 5.10 Å². The van der Waals surface area contributed by atoms with E-state index in [4.69, 9.17) is 18.0 Å². The van der Waals surface area contributed by atoms with E-state index in [0.29, 0.717) is 12.0 Å². The second kappa shape index (κ2) is 5.65. The number of nitrogens with two attached hydrogens (primary N) is 1. The lowest BCUT2D eigenvalue weighted by molar-refractivity contribution is 0.372. The molecule has 0 radical (unpaired) electrons. The molecule has 4 N–H and O–H groups in total. The number of phenolic OH excluding ortho intramolecular Hbond substituents is 2. The summed E-state index contributed by atoms with van der Waals surface area (Å²) in [6, 6.07) is 13.8. The van der Waals surface area contributed by atoms with Gasteiger partial charge in [0.05, 0.1) is 11.8 Å². The van der Waals surface area contributed by atoms with Gasteiger partial charge >= 0.3 is 0 Å². The molecule has 0 aromatic heterocycles. The summed E-state index contributed by atoms with van der Waals surface area (Å²) in [5.41, 5.74) is 8.11. The van der Waals surface area contributed by atoms with E-state index in [2.05, 4.69) is 5.10 Å². The highest BCUT2D eigenvalue weighted by Crippen LogP contribution is 2.34. The summed E-state index contributed by atoms with van der Waals surface area (Å²) in [6.45, 7) is 0. The van der Waals surface area contributed by atoms with Gasteiger partial charge < -0.3 is 15.9 Å². The lowest BCUT2D eigenvalue weighted by Crippen LogP contribution is -2.31. The van der Waals surface area contributed by atoms with Crippen LogP contribution in [0.2, 0.25) is 0 Å². The number of rotatable bonds is 2. The molecule has 1 aliphatic heterocycles. The number of hydrazone groups is 1. The maximum absolute atomic E-state index is 9.99. The van der Waals surface area contributed by atoms with Gasteiger partial charge in [-0.3, -0.25) is 0 Å². The first-order valence-corrected chi connectivity index (χ1v) is 7.20. The molecule has 0 spiro atoms. The zero-order valence-corrected chi connectivity index (χ0v) is 12.5. The highest BCUT2D eigenvalue weighted by atomic mass is 32.1. The fourth-order valence-corrected chi connectivity index (χ4v) is 2.72. The monoisotopic (exact) mass is 313 g/mol. The van der Waals surface area contributed by atoms with Gasteiger partial charge in [0.1, 0.15) is 11.5 Å². The summed E-state index contributed by atoms with van der Waals surface area (Å²) in [5, 5.41) is 25.6. The van der Waals surface area contributed by atoms with Crippen molar-refractivity contribution in [3.05, 3.63) is 59.7 Å². The summed E-state index contributed by atoms with van der Waals surface area (Å²) < 4.78 is 0. The molecule has 112 valence electrons. The number of aromatic hydroxyl groups is 2. The molecular formula is C16H15N3O2S. The van der Waals surface area contributed by atoms with Crippen LogP contribution in [0.1, 0.15) is 23.6 Å². The number of thiocarbonyl (C=S) groups is 1. The smallest absolute Gasteiger partial charge is 0.187 e. The van der Waals surface area contributed by atoms with E-state index in [9.17, 15) is 10.2 Å². The molecule has 0 unspecified atom stereocenters. The maximum Gasteiger partial charge on any atom is 0.187 e. The number of hydrogen-bond donors (Lipinski definition) is 3. The maximum atomic E-state index is 9.99. The van der Waals surface area contributed by atoms with Gasteiger partial charge in [-0.05, 0) is 42.0 Å². The molecule has 0 saturated heterocycles. The lowest BCUT2D eigenvalue weighted by atomic mass is 9.98. The Hall–Kier alpha value is -2.60. The summed E-state index contributed by atoms with van der Waals surface area (Å²) in [7, 11) is 0. The van der Waals surface area contributed by atoms with Crippen LogP contribution in [0.5, 0.6) is 11.5 Å². The van der Waals surface area contributed by atoms with E-state index in [1.165, 1.54) is 0 Å². The number of hydrogen-bond acceptors (Lipinski definition) is 4. The first kappa shape index (κ1) is 14.3. The van der Waals surface area contributed by atoms with Crippen molar-refractivity contribution in [3.63, 3.8) is 0 Å². The minimum absolute atomic E-state index is 0.146.